The van der Waals surface area contributed by atoms with E-state index in [0.717, 1.165) is 48.8 Å². The minimum absolute atomic E-state index is 0.596. The summed E-state index contributed by atoms with van der Waals surface area (Å²) in [6.45, 7) is 3.93. The van der Waals surface area contributed by atoms with Crippen molar-refractivity contribution in [2.24, 2.45) is 0 Å². The van der Waals surface area contributed by atoms with Crippen LogP contribution in [-0.2, 0) is 0 Å². The van der Waals surface area contributed by atoms with Crippen molar-refractivity contribution in [1.82, 2.24) is 29.5 Å². The maximum Gasteiger partial charge on any atom is 0.252 e. The molecule has 140 valence electrons. The summed E-state index contributed by atoms with van der Waals surface area (Å²) in [6, 6.07) is 12.7. The Morgan fingerprint density at radius 3 is 2.61 bits per heavy atom. The number of rotatable bonds is 3. The van der Waals surface area contributed by atoms with Gasteiger partial charge in [-0.05, 0) is 37.3 Å². The Bertz CT molecular complexity index is 1100. The zero-order chi connectivity index (χ0) is 18.9. The lowest BCUT2D eigenvalue weighted by atomic mass is 9.90. The van der Waals surface area contributed by atoms with E-state index in [9.17, 15) is 0 Å². The quantitative estimate of drug-likeness (QED) is 0.550. The van der Waals surface area contributed by atoms with Gasteiger partial charge in [-0.25, -0.2) is 19.5 Å². The van der Waals surface area contributed by atoms with E-state index < -0.39 is 0 Å². The number of piperidine rings is 1. The van der Waals surface area contributed by atoms with Crippen molar-refractivity contribution in [3.63, 3.8) is 0 Å². The van der Waals surface area contributed by atoms with E-state index in [1.54, 1.807) is 4.52 Å². The van der Waals surface area contributed by atoms with Crippen LogP contribution in [0.5, 0.6) is 0 Å². The first kappa shape index (κ1) is 16.8. The van der Waals surface area contributed by atoms with Gasteiger partial charge in [0, 0.05) is 31.0 Å². The van der Waals surface area contributed by atoms with Crippen LogP contribution in [0.2, 0.25) is 0 Å². The third-order valence-electron chi connectivity index (χ3n) is 5.51. The van der Waals surface area contributed by atoms with Gasteiger partial charge in [-0.2, -0.15) is 10.1 Å². The monoisotopic (exact) mass is 371 g/mol. The molecule has 0 N–H and O–H groups in total. The second kappa shape index (κ2) is 6.99. The molecule has 1 saturated heterocycles. The molecule has 0 spiro atoms. The van der Waals surface area contributed by atoms with Crippen molar-refractivity contribution in [1.29, 1.82) is 0 Å². The Morgan fingerprint density at radius 1 is 0.964 bits per heavy atom. The topological polar surface area (TPSA) is 72.1 Å². The summed E-state index contributed by atoms with van der Waals surface area (Å²) in [7, 11) is 0. The molecule has 0 atom stereocenters. The maximum atomic E-state index is 4.83. The first-order valence-electron chi connectivity index (χ1n) is 9.58. The molecule has 3 aromatic heterocycles. The highest BCUT2D eigenvalue weighted by atomic mass is 15.3. The molecule has 0 amide bonds. The second-order valence-corrected chi connectivity index (χ2v) is 7.14. The molecule has 28 heavy (non-hydrogen) atoms. The molecular formula is C21H21N7. The minimum atomic E-state index is 0.596. The van der Waals surface area contributed by atoms with Gasteiger partial charge in [-0.1, -0.05) is 30.3 Å². The van der Waals surface area contributed by atoms with Gasteiger partial charge in [0.15, 0.2) is 0 Å². The van der Waals surface area contributed by atoms with E-state index in [1.165, 1.54) is 11.9 Å². The summed E-state index contributed by atoms with van der Waals surface area (Å²) >= 11 is 0. The smallest absolute Gasteiger partial charge is 0.252 e. The molecule has 0 bridgehead atoms. The highest BCUT2D eigenvalue weighted by molar-refractivity contribution is 5.63. The van der Waals surface area contributed by atoms with Gasteiger partial charge in [0.1, 0.15) is 6.33 Å². The van der Waals surface area contributed by atoms with Crippen LogP contribution in [0.4, 0.5) is 5.95 Å². The molecule has 7 heteroatoms. The standard InChI is InChI=1S/C21H21N7/c1-15-18(13-23-20-24-14-25-28(15)20)19-7-10-22-21(26-19)27-11-8-17(9-12-27)16-5-3-2-4-6-16/h2-7,10,13-14,17H,8-9,11-12H2,1H3. The Balaban J connectivity index is 1.38. The summed E-state index contributed by atoms with van der Waals surface area (Å²) in [4.78, 5) is 20.2. The minimum Gasteiger partial charge on any atom is -0.341 e. The van der Waals surface area contributed by atoms with Crippen LogP contribution < -0.4 is 4.90 Å². The first-order chi connectivity index (χ1) is 13.8. The molecule has 0 radical (unpaired) electrons. The van der Waals surface area contributed by atoms with Gasteiger partial charge in [0.05, 0.1) is 11.4 Å². The Hall–Kier alpha value is -3.35. The molecule has 4 heterocycles. The van der Waals surface area contributed by atoms with Crippen molar-refractivity contribution in [3.05, 3.63) is 66.4 Å². The predicted molar refractivity (Wildman–Crippen MR) is 107 cm³/mol. The van der Waals surface area contributed by atoms with Gasteiger partial charge in [0.2, 0.25) is 5.95 Å². The molecule has 1 fully saturated rings. The van der Waals surface area contributed by atoms with E-state index in [4.69, 9.17) is 4.98 Å². The zero-order valence-corrected chi connectivity index (χ0v) is 15.7. The molecule has 0 aliphatic carbocycles. The van der Waals surface area contributed by atoms with Crippen LogP contribution in [0.15, 0.2) is 55.1 Å². The highest BCUT2D eigenvalue weighted by Gasteiger charge is 2.22. The van der Waals surface area contributed by atoms with Crippen molar-refractivity contribution in [2.45, 2.75) is 25.7 Å². The molecule has 0 saturated carbocycles. The van der Waals surface area contributed by atoms with Gasteiger partial charge >= 0.3 is 0 Å². The predicted octanol–water partition coefficient (Wildman–Crippen LogP) is 3.27. The molecule has 1 aliphatic rings. The largest absolute Gasteiger partial charge is 0.341 e. The number of hydrogen-bond acceptors (Lipinski definition) is 6. The van der Waals surface area contributed by atoms with E-state index in [-0.39, 0.29) is 0 Å². The number of aryl methyl sites for hydroxylation is 1. The van der Waals surface area contributed by atoms with Crippen LogP contribution in [-0.4, -0.2) is 42.6 Å². The van der Waals surface area contributed by atoms with Crippen LogP contribution in [0, 0.1) is 6.92 Å². The lowest BCUT2D eigenvalue weighted by molar-refractivity contribution is 0.499. The van der Waals surface area contributed by atoms with Crippen molar-refractivity contribution < 1.29 is 0 Å². The molecule has 0 unspecified atom stereocenters. The number of fused-ring (bicyclic) bond motifs is 1. The van der Waals surface area contributed by atoms with Crippen LogP contribution in [0.3, 0.4) is 0 Å². The van der Waals surface area contributed by atoms with Crippen molar-refractivity contribution in [3.8, 4) is 11.3 Å². The highest BCUT2D eigenvalue weighted by Crippen LogP contribution is 2.30. The fraction of sp³-hybridized carbons (Fsp3) is 0.286. The third-order valence-corrected chi connectivity index (χ3v) is 5.51. The summed E-state index contributed by atoms with van der Waals surface area (Å²) in [6.07, 6.45) is 7.38. The van der Waals surface area contributed by atoms with Gasteiger partial charge in [0.25, 0.3) is 5.78 Å². The van der Waals surface area contributed by atoms with E-state index >= 15 is 0 Å². The van der Waals surface area contributed by atoms with E-state index in [2.05, 4.69) is 55.3 Å². The van der Waals surface area contributed by atoms with Crippen LogP contribution in [0.25, 0.3) is 17.0 Å². The summed E-state index contributed by atoms with van der Waals surface area (Å²) < 4.78 is 1.74. The fourth-order valence-corrected chi connectivity index (χ4v) is 3.93. The summed E-state index contributed by atoms with van der Waals surface area (Å²) in [5, 5.41) is 4.24. The number of aromatic nitrogens is 6. The summed E-state index contributed by atoms with van der Waals surface area (Å²) in [5.41, 5.74) is 4.20. The first-order valence-corrected chi connectivity index (χ1v) is 9.58. The lowest BCUT2D eigenvalue weighted by Gasteiger charge is -2.32. The van der Waals surface area contributed by atoms with Crippen LogP contribution in [0.1, 0.15) is 30.0 Å². The van der Waals surface area contributed by atoms with E-state index in [1.807, 2.05) is 25.4 Å². The number of benzene rings is 1. The van der Waals surface area contributed by atoms with Gasteiger partial charge in [-0.15, -0.1) is 0 Å². The maximum absolute atomic E-state index is 4.83. The SMILES string of the molecule is Cc1c(-c2ccnc(N3CCC(c4ccccc4)CC3)n2)cnc2ncnn12. The molecule has 4 aromatic rings. The van der Waals surface area contributed by atoms with Gasteiger partial charge < -0.3 is 4.90 Å². The zero-order valence-electron chi connectivity index (χ0n) is 15.7. The average Bonchev–Trinajstić information content (AvgIpc) is 3.25. The number of anilines is 1. The van der Waals surface area contributed by atoms with E-state index in [0.29, 0.717) is 11.7 Å². The number of nitrogens with zero attached hydrogens (tertiary/aromatic N) is 7. The molecule has 7 nitrogen and oxygen atoms in total. The third kappa shape index (κ3) is 2.98. The summed E-state index contributed by atoms with van der Waals surface area (Å²) in [5.74, 6) is 1.99. The second-order valence-electron chi connectivity index (χ2n) is 7.14. The average molecular weight is 371 g/mol. The van der Waals surface area contributed by atoms with Crippen LogP contribution >= 0.6 is 0 Å². The number of hydrogen-bond donors (Lipinski definition) is 0. The molecule has 5 rings (SSSR count). The van der Waals surface area contributed by atoms with Gasteiger partial charge in [-0.3, -0.25) is 0 Å². The normalized spacial score (nSPS) is 15.2. The Labute approximate surface area is 163 Å². The van der Waals surface area contributed by atoms with Crippen molar-refractivity contribution >= 4 is 11.7 Å². The molecular weight excluding hydrogens is 350 g/mol. The fourth-order valence-electron chi connectivity index (χ4n) is 3.93. The Kier molecular flexibility index (Phi) is 4.20. The molecule has 1 aromatic carbocycles. The van der Waals surface area contributed by atoms with Crippen molar-refractivity contribution in [2.75, 3.05) is 18.0 Å². The molecule has 1 aliphatic heterocycles. The Morgan fingerprint density at radius 2 is 1.79 bits per heavy atom. The lowest BCUT2D eigenvalue weighted by Crippen LogP contribution is -2.34.